The largest absolute Gasteiger partial charge is 0.398 e. The number of anilines is 1. The molecule has 4 N–H and O–H groups in total. The monoisotopic (exact) mass is 317 g/mol. The zero-order valence-electron chi connectivity index (χ0n) is 10.7. The van der Waals surface area contributed by atoms with Crippen LogP contribution in [0.1, 0.15) is 19.3 Å². The number of nitrogen functional groups attached to an aromatic ring is 1. The molecule has 1 aromatic carbocycles. The number of benzene rings is 1. The fourth-order valence-corrected chi connectivity index (χ4v) is 3.41. The predicted molar refractivity (Wildman–Crippen MR) is 76.8 cm³/mol. The Morgan fingerprint density at radius 1 is 1.40 bits per heavy atom. The summed E-state index contributed by atoms with van der Waals surface area (Å²) in [6.07, 6.45) is 2.07. The average molecular weight is 318 g/mol. The summed E-state index contributed by atoms with van der Waals surface area (Å²) in [6, 6.07) is 4.74. The Kier molecular flexibility index (Phi) is 4.52. The zero-order valence-corrected chi connectivity index (χ0v) is 12.3. The molecular formula is C12H16ClN3O3S. The highest BCUT2D eigenvalue weighted by atomic mass is 35.5. The van der Waals surface area contributed by atoms with Gasteiger partial charge in [0, 0.05) is 19.0 Å². The number of hydrogen-bond donors (Lipinski definition) is 3. The van der Waals surface area contributed by atoms with E-state index < -0.39 is 10.0 Å². The Balaban J connectivity index is 1.95. The smallest absolute Gasteiger partial charge is 0.244 e. The lowest BCUT2D eigenvalue weighted by Gasteiger charge is -2.10. The maximum Gasteiger partial charge on any atom is 0.244 e. The molecule has 2 rings (SSSR count). The highest BCUT2D eigenvalue weighted by Gasteiger charge is 2.24. The van der Waals surface area contributed by atoms with Gasteiger partial charge in [-0.25, -0.2) is 13.1 Å². The molecule has 1 fully saturated rings. The van der Waals surface area contributed by atoms with Crippen molar-refractivity contribution in [2.75, 3.05) is 12.3 Å². The number of nitrogens with one attached hydrogen (secondary N) is 2. The van der Waals surface area contributed by atoms with Gasteiger partial charge in [0.2, 0.25) is 15.9 Å². The highest BCUT2D eigenvalue weighted by molar-refractivity contribution is 7.89. The van der Waals surface area contributed by atoms with E-state index in [9.17, 15) is 13.2 Å². The van der Waals surface area contributed by atoms with Crippen molar-refractivity contribution < 1.29 is 13.2 Å². The summed E-state index contributed by atoms with van der Waals surface area (Å²) < 4.78 is 26.5. The first-order chi connectivity index (χ1) is 9.40. The summed E-state index contributed by atoms with van der Waals surface area (Å²) in [5, 5.41) is 2.83. The number of amides is 1. The van der Waals surface area contributed by atoms with Gasteiger partial charge < -0.3 is 11.1 Å². The molecule has 0 bridgehead atoms. The van der Waals surface area contributed by atoms with Crippen LogP contribution >= 0.6 is 11.6 Å². The van der Waals surface area contributed by atoms with Gasteiger partial charge in [0.1, 0.15) is 4.90 Å². The summed E-state index contributed by atoms with van der Waals surface area (Å²) >= 11 is 5.85. The normalized spacial score (nSPS) is 15.1. The van der Waals surface area contributed by atoms with Crippen LogP contribution in [0, 0.1) is 0 Å². The minimum Gasteiger partial charge on any atom is -0.398 e. The van der Waals surface area contributed by atoms with Crippen molar-refractivity contribution in [3.63, 3.8) is 0 Å². The molecule has 0 radical (unpaired) electrons. The van der Waals surface area contributed by atoms with Gasteiger partial charge in [-0.1, -0.05) is 17.7 Å². The fraction of sp³-hybridized carbons (Fsp3) is 0.417. The maximum atomic E-state index is 12.1. The van der Waals surface area contributed by atoms with Gasteiger partial charge in [0.05, 0.1) is 10.7 Å². The third-order valence-corrected chi connectivity index (χ3v) is 4.86. The summed E-state index contributed by atoms with van der Waals surface area (Å²) in [6.45, 7) is 0.00551. The Labute approximate surface area is 122 Å². The van der Waals surface area contributed by atoms with Gasteiger partial charge in [-0.15, -0.1) is 0 Å². The number of carbonyl (C=O) groups is 1. The SMILES string of the molecule is Nc1cccc(Cl)c1S(=O)(=O)NCCC(=O)NC1CC1. The molecule has 110 valence electrons. The van der Waals surface area contributed by atoms with E-state index in [1.807, 2.05) is 0 Å². The minimum atomic E-state index is -3.82. The van der Waals surface area contributed by atoms with Crippen molar-refractivity contribution in [3.8, 4) is 0 Å². The summed E-state index contributed by atoms with van der Waals surface area (Å²) in [5.74, 6) is -0.165. The molecule has 1 aliphatic rings. The van der Waals surface area contributed by atoms with Crippen LogP contribution in [-0.4, -0.2) is 26.9 Å². The van der Waals surface area contributed by atoms with E-state index in [0.29, 0.717) is 0 Å². The van der Waals surface area contributed by atoms with E-state index in [-0.39, 0.29) is 40.5 Å². The number of rotatable bonds is 6. The van der Waals surface area contributed by atoms with Gasteiger partial charge in [0.25, 0.3) is 0 Å². The molecule has 0 aromatic heterocycles. The van der Waals surface area contributed by atoms with Crippen LogP contribution in [0.25, 0.3) is 0 Å². The standard InChI is InChI=1S/C12H16ClN3O3S/c13-9-2-1-3-10(14)12(9)20(18,19)15-7-6-11(17)16-8-4-5-8/h1-3,8,15H,4-7,14H2,(H,16,17). The number of halogens is 1. The lowest BCUT2D eigenvalue weighted by Crippen LogP contribution is -2.32. The molecule has 1 saturated carbocycles. The molecule has 1 amide bonds. The van der Waals surface area contributed by atoms with Crippen molar-refractivity contribution in [2.45, 2.75) is 30.2 Å². The van der Waals surface area contributed by atoms with Crippen LogP contribution in [-0.2, 0) is 14.8 Å². The lowest BCUT2D eigenvalue weighted by atomic mass is 10.3. The topological polar surface area (TPSA) is 101 Å². The quantitative estimate of drug-likeness (QED) is 0.677. The third kappa shape index (κ3) is 3.84. The Hall–Kier alpha value is -1.31. The molecule has 0 heterocycles. The van der Waals surface area contributed by atoms with Crippen molar-refractivity contribution in [1.82, 2.24) is 10.0 Å². The number of hydrogen-bond acceptors (Lipinski definition) is 4. The maximum absolute atomic E-state index is 12.1. The molecule has 0 atom stereocenters. The van der Waals surface area contributed by atoms with Crippen molar-refractivity contribution in [1.29, 1.82) is 0 Å². The van der Waals surface area contributed by atoms with Gasteiger partial charge in [-0.2, -0.15) is 0 Å². The Morgan fingerprint density at radius 2 is 2.10 bits per heavy atom. The van der Waals surface area contributed by atoms with Gasteiger partial charge in [-0.05, 0) is 25.0 Å². The summed E-state index contributed by atoms with van der Waals surface area (Å²) in [4.78, 5) is 11.3. The van der Waals surface area contributed by atoms with Crippen LogP contribution in [0.15, 0.2) is 23.1 Å². The number of carbonyl (C=O) groups excluding carboxylic acids is 1. The second kappa shape index (κ2) is 5.99. The fourth-order valence-electron chi connectivity index (χ4n) is 1.71. The first-order valence-electron chi connectivity index (χ1n) is 6.23. The molecule has 0 unspecified atom stereocenters. The summed E-state index contributed by atoms with van der Waals surface area (Å²) in [7, 11) is -3.82. The van der Waals surface area contributed by atoms with Crippen molar-refractivity contribution >= 4 is 33.2 Å². The second-order valence-electron chi connectivity index (χ2n) is 4.65. The van der Waals surface area contributed by atoms with E-state index in [4.69, 9.17) is 17.3 Å². The van der Waals surface area contributed by atoms with Gasteiger partial charge in [0.15, 0.2) is 0 Å². The zero-order chi connectivity index (χ0) is 14.8. The molecule has 1 aromatic rings. The van der Waals surface area contributed by atoms with Gasteiger partial charge in [-0.3, -0.25) is 4.79 Å². The van der Waals surface area contributed by atoms with E-state index >= 15 is 0 Å². The predicted octanol–water partition coefficient (Wildman–Crippen LogP) is 0.869. The van der Waals surface area contributed by atoms with Crippen molar-refractivity contribution in [3.05, 3.63) is 23.2 Å². The molecule has 0 aliphatic heterocycles. The molecule has 8 heteroatoms. The van der Waals surface area contributed by atoms with Gasteiger partial charge >= 0.3 is 0 Å². The van der Waals surface area contributed by atoms with Crippen LogP contribution in [0.5, 0.6) is 0 Å². The number of nitrogens with two attached hydrogens (primary N) is 1. The van der Waals surface area contributed by atoms with E-state index in [0.717, 1.165) is 12.8 Å². The summed E-state index contributed by atoms with van der Waals surface area (Å²) in [5.41, 5.74) is 5.71. The van der Waals surface area contributed by atoms with Crippen LogP contribution in [0.4, 0.5) is 5.69 Å². The molecular weight excluding hydrogens is 302 g/mol. The van der Waals surface area contributed by atoms with Crippen LogP contribution < -0.4 is 15.8 Å². The molecule has 20 heavy (non-hydrogen) atoms. The van der Waals surface area contributed by atoms with Crippen LogP contribution in [0.2, 0.25) is 5.02 Å². The number of sulfonamides is 1. The average Bonchev–Trinajstić information content (AvgIpc) is 3.11. The molecule has 1 aliphatic carbocycles. The third-order valence-electron chi connectivity index (χ3n) is 2.85. The molecule has 0 spiro atoms. The Bertz CT molecular complexity index is 594. The lowest BCUT2D eigenvalue weighted by molar-refractivity contribution is -0.121. The van der Waals surface area contributed by atoms with E-state index in [1.165, 1.54) is 12.1 Å². The van der Waals surface area contributed by atoms with E-state index in [2.05, 4.69) is 10.0 Å². The molecule has 0 saturated heterocycles. The minimum absolute atomic E-state index is 0.00551. The Morgan fingerprint density at radius 3 is 2.70 bits per heavy atom. The van der Waals surface area contributed by atoms with Crippen LogP contribution in [0.3, 0.4) is 0 Å². The van der Waals surface area contributed by atoms with Crippen molar-refractivity contribution in [2.24, 2.45) is 0 Å². The van der Waals surface area contributed by atoms with E-state index in [1.54, 1.807) is 6.07 Å². The first-order valence-corrected chi connectivity index (χ1v) is 8.09. The second-order valence-corrected chi connectivity index (χ2v) is 6.76. The first kappa shape index (κ1) is 15.1. The molecule has 6 nitrogen and oxygen atoms in total. The highest BCUT2D eigenvalue weighted by Crippen LogP contribution is 2.26.